The quantitative estimate of drug-likeness (QED) is 0.271. The number of urea groups is 1. The second-order valence-corrected chi connectivity index (χ2v) is 3.80. The van der Waals surface area contributed by atoms with E-state index < -0.39 is 43.3 Å². The Morgan fingerprint density at radius 1 is 1.33 bits per heavy atom. The van der Waals surface area contributed by atoms with Crippen LogP contribution in [0.25, 0.3) is 0 Å². The van der Waals surface area contributed by atoms with E-state index in [-0.39, 0.29) is 0 Å². The summed E-state index contributed by atoms with van der Waals surface area (Å²) < 4.78 is 4.98. The van der Waals surface area contributed by atoms with Crippen molar-refractivity contribution in [3.8, 4) is 0 Å². The number of aliphatic hydroxyl groups is 4. The molecule has 0 aromatic heterocycles. The lowest BCUT2D eigenvalue weighted by Crippen LogP contribution is -2.63. The molecule has 0 bridgehead atoms. The van der Waals surface area contributed by atoms with E-state index in [1.165, 1.54) is 0 Å². The van der Waals surface area contributed by atoms with Crippen LogP contribution in [0.1, 0.15) is 0 Å². The van der Waals surface area contributed by atoms with Crippen LogP contribution in [-0.2, 0) is 4.74 Å². The first kappa shape index (κ1) is 14.7. The van der Waals surface area contributed by atoms with Crippen molar-refractivity contribution in [2.45, 2.75) is 30.6 Å². The van der Waals surface area contributed by atoms with E-state index in [0.717, 1.165) is 7.05 Å². The van der Waals surface area contributed by atoms with Gasteiger partial charge in [-0.15, -0.1) is 4.91 Å². The van der Waals surface area contributed by atoms with Crippen molar-refractivity contribution in [2.75, 3.05) is 13.7 Å². The number of carbonyl (C=O) groups is 1. The molecule has 0 aliphatic carbocycles. The number of nitrogens with one attached hydrogen (secondary N) is 1. The maximum Gasteiger partial charge on any atom is 0.342 e. The molecule has 0 spiro atoms. The predicted octanol–water partition coefficient (Wildman–Crippen LogP) is -2.89. The molecule has 1 saturated heterocycles. The Morgan fingerprint density at radius 2 is 1.94 bits per heavy atom. The Bertz CT molecular complexity index is 313. The molecule has 1 heterocycles. The average molecular weight is 265 g/mol. The van der Waals surface area contributed by atoms with Gasteiger partial charge < -0.3 is 30.5 Å². The number of nitrogens with zero attached hydrogens (tertiary/aromatic N) is 2. The molecule has 5 unspecified atom stereocenters. The second-order valence-electron chi connectivity index (χ2n) is 3.80. The van der Waals surface area contributed by atoms with Crippen molar-refractivity contribution in [2.24, 2.45) is 5.29 Å². The van der Waals surface area contributed by atoms with Gasteiger partial charge in [-0.2, -0.15) is 5.01 Å². The van der Waals surface area contributed by atoms with Crippen molar-refractivity contribution >= 4 is 6.03 Å². The smallest absolute Gasteiger partial charge is 0.342 e. The van der Waals surface area contributed by atoms with Crippen LogP contribution in [0.15, 0.2) is 5.29 Å². The molecular weight excluding hydrogens is 250 g/mol. The SMILES string of the molecule is CN(N=O)C(=O)NC1OC(CO)C(O)C(O)C1O. The third-order valence-corrected chi connectivity index (χ3v) is 2.57. The normalized spacial score (nSPS) is 35.9. The molecular formula is C8H15N3O7. The van der Waals surface area contributed by atoms with E-state index in [4.69, 9.17) is 9.84 Å². The lowest BCUT2D eigenvalue weighted by molar-refractivity contribution is -0.233. The standard InChI is InChI=1S/C8H15N3O7/c1-11(10-17)8(16)9-7-6(15)5(14)4(13)3(2-12)18-7/h3-7,12-15H,2H2,1H3,(H,9,16). The summed E-state index contributed by atoms with van der Waals surface area (Å²) in [7, 11) is 1.08. The predicted molar refractivity (Wildman–Crippen MR) is 55.9 cm³/mol. The van der Waals surface area contributed by atoms with Gasteiger partial charge in [0.15, 0.2) is 6.23 Å². The third-order valence-electron chi connectivity index (χ3n) is 2.57. The Morgan fingerprint density at radius 3 is 2.44 bits per heavy atom. The minimum atomic E-state index is -1.60. The number of aliphatic hydroxyl groups excluding tert-OH is 4. The van der Waals surface area contributed by atoms with Crippen LogP contribution in [0.4, 0.5) is 4.79 Å². The molecule has 0 saturated carbocycles. The molecule has 10 heteroatoms. The molecule has 18 heavy (non-hydrogen) atoms. The van der Waals surface area contributed by atoms with Gasteiger partial charge in [-0.3, -0.25) is 0 Å². The number of rotatable bonds is 3. The van der Waals surface area contributed by atoms with Gasteiger partial charge >= 0.3 is 6.03 Å². The number of amides is 2. The zero-order valence-corrected chi connectivity index (χ0v) is 9.50. The van der Waals surface area contributed by atoms with Crippen molar-refractivity contribution in [1.82, 2.24) is 10.3 Å². The summed E-state index contributed by atoms with van der Waals surface area (Å²) in [5.41, 5.74) is 0. The zero-order chi connectivity index (χ0) is 13.9. The Balaban J connectivity index is 2.70. The Hall–Kier alpha value is -1.33. The van der Waals surface area contributed by atoms with Crippen molar-refractivity contribution in [1.29, 1.82) is 0 Å². The van der Waals surface area contributed by atoms with E-state index in [2.05, 4.69) is 10.6 Å². The summed E-state index contributed by atoms with van der Waals surface area (Å²) >= 11 is 0. The lowest BCUT2D eigenvalue weighted by atomic mass is 9.98. The first-order valence-corrected chi connectivity index (χ1v) is 5.10. The largest absolute Gasteiger partial charge is 0.394 e. The van der Waals surface area contributed by atoms with Gasteiger partial charge in [0, 0.05) is 7.05 Å². The van der Waals surface area contributed by atoms with Gasteiger partial charge in [-0.25, -0.2) is 4.79 Å². The van der Waals surface area contributed by atoms with Crippen molar-refractivity contribution in [3.05, 3.63) is 4.91 Å². The van der Waals surface area contributed by atoms with Crippen LogP contribution in [0.5, 0.6) is 0 Å². The lowest BCUT2D eigenvalue weighted by Gasteiger charge is -2.40. The monoisotopic (exact) mass is 265 g/mol. The molecule has 0 aromatic rings. The molecule has 1 aliphatic heterocycles. The number of nitroso groups, excluding NO2 is 1. The van der Waals surface area contributed by atoms with E-state index in [0.29, 0.717) is 5.01 Å². The summed E-state index contributed by atoms with van der Waals surface area (Å²) in [6, 6.07) is -0.964. The fraction of sp³-hybridized carbons (Fsp3) is 0.875. The van der Waals surface area contributed by atoms with Gasteiger partial charge in [0.2, 0.25) is 0 Å². The first-order valence-electron chi connectivity index (χ1n) is 5.10. The topological polar surface area (TPSA) is 152 Å². The highest BCUT2D eigenvalue weighted by Crippen LogP contribution is 2.19. The van der Waals surface area contributed by atoms with E-state index in [1.807, 2.05) is 0 Å². The molecule has 0 radical (unpaired) electrons. The van der Waals surface area contributed by atoms with Gasteiger partial charge in [0.05, 0.1) is 11.9 Å². The first-order chi connectivity index (χ1) is 8.42. The minimum absolute atomic E-state index is 0.418. The second kappa shape index (κ2) is 6.02. The summed E-state index contributed by atoms with van der Waals surface area (Å²) in [5.74, 6) is 0. The molecule has 1 aliphatic rings. The number of ether oxygens (including phenoxy) is 1. The van der Waals surface area contributed by atoms with Crippen molar-refractivity contribution in [3.63, 3.8) is 0 Å². The van der Waals surface area contributed by atoms with Crippen molar-refractivity contribution < 1.29 is 30.0 Å². The van der Waals surface area contributed by atoms with Crippen LogP contribution in [0.3, 0.4) is 0 Å². The molecule has 5 atom stereocenters. The van der Waals surface area contributed by atoms with Crippen LogP contribution in [0, 0.1) is 4.91 Å². The molecule has 10 nitrogen and oxygen atoms in total. The number of carbonyl (C=O) groups excluding carboxylic acids is 1. The van der Waals surface area contributed by atoms with Crippen LogP contribution in [0.2, 0.25) is 0 Å². The van der Waals surface area contributed by atoms with Gasteiger partial charge in [0.1, 0.15) is 24.4 Å². The molecule has 2 amide bonds. The summed E-state index contributed by atoms with van der Waals surface area (Å²) in [6.07, 6.45) is -7.23. The average Bonchev–Trinajstić information content (AvgIpc) is 2.38. The highest BCUT2D eigenvalue weighted by molar-refractivity contribution is 5.73. The summed E-state index contributed by atoms with van der Waals surface area (Å²) in [4.78, 5) is 21.4. The van der Waals surface area contributed by atoms with Crippen LogP contribution < -0.4 is 5.32 Å². The molecule has 0 aromatic carbocycles. The van der Waals surface area contributed by atoms with Gasteiger partial charge in [-0.1, -0.05) is 0 Å². The van der Waals surface area contributed by atoms with Crippen LogP contribution >= 0.6 is 0 Å². The van der Waals surface area contributed by atoms with Crippen LogP contribution in [-0.4, -0.2) is 75.8 Å². The highest BCUT2D eigenvalue weighted by Gasteiger charge is 2.44. The Labute approximate surface area is 102 Å². The van der Waals surface area contributed by atoms with E-state index in [1.54, 1.807) is 0 Å². The fourth-order valence-electron chi connectivity index (χ4n) is 1.47. The van der Waals surface area contributed by atoms with E-state index >= 15 is 0 Å². The van der Waals surface area contributed by atoms with E-state index in [9.17, 15) is 25.0 Å². The maximum atomic E-state index is 11.3. The summed E-state index contributed by atoms with van der Waals surface area (Å²) in [5, 5.41) is 42.2. The number of hydrogen-bond acceptors (Lipinski definition) is 8. The maximum absolute atomic E-state index is 11.3. The Kier molecular flexibility index (Phi) is 4.93. The molecule has 1 rings (SSSR count). The zero-order valence-electron chi connectivity index (χ0n) is 9.50. The summed E-state index contributed by atoms with van der Waals surface area (Å²) in [6.45, 7) is -0.612. The fourth-order valence-corrected chi connectivity index (χ4v) is 1.47. The molecule has 1 fully saturated rings. The minimum Gasteiger partial charge on any atom is -0.394 e. The van der Waals surface area contributed by atoms with Gasteiger partial charge in [-0.05, 0) is 0 Å². The highest BCUT2D eigenvalue weighted by atomic mass is 16.6. The third kappa shape index (κ3) is 2.91. The molecule has 5 N–H and O–H groups in total. The number of hydrogen-bond donors (Lipinski definition) is 5. The van der Waals surface area contributed by atoms with Gasteiger partial charge in [0.25, 0.3) is 0 Å². The molecule has 104 valence electrons.